The first kappa shape index (κ1) is 25.7. The quantitative estimate of drug-likeness (QED) is 0.238. The van der Waals surface area contributed by atoms with Crippen LogP contribution in [-0.2, 0) is 11.2 Å². The van der Waals surface area contributed by atoms with Crippen molar-refractivity contribution in [2.75, 3.05) is 58.3 Å². The molecule has 0 unspecified atom stereocenters. The average molecular weight is 555 g/mol. The van der Waals surface area contributed by atoms with Crippen LogP contribution in [0.4, 0.5) is 10.1 Å². The summed E-state index contributed by atoms with van der Waals surface area (Å²) in [6.45, 7) is 4.51. The van der Waals surface area contributed by atoms with Crippen LogP contribution in [0.2, 0.25) is 0 Å². The number of nitrogens with zero attached hydrogens (tertiary/aromatic N) is 3. The number of hydrogen-bond donors (Lipinski definition) is 2. The van der Waals surface area contributed by atoms with E-state index in [1.807, 2.05) is 12.1 Å². The zero-order chi connectivity index (χ0) is 22.1. The number of halogens is 2. The lowest BCUT2D eigenvalue weighted by atomic mass is 10.1. The zero-order valence-corrected chi connectivity index (χ0v) is 20.8. The van der Waals surface area contributed by atoms with E-state index in [1.165, 1.54) is 12.1 Å². The lowest BCUT2D eigenvalue weighted by molar-refractivity contribution is -0.120. The minimum Gasteiger partial charge on any atom is -0.497 e. The van der Waals surface area contributed by atoms with E-state index in [2.05, 4.69) is 37.6 Å². The maximum atomic E-state index is 13.2. The van der Waals surface area contributed by atoms with E-state index in [4.69, 9.17) is 4.74 Å². The van der Waals surface area contributed by atoms with Gasteiger partial charge < -0.3 is 25.2 Å². The maximum absolute atomic E-state index is 13.2. The number of anilines is 1. The average Bonchev–Trinajstić information content (AvgIpc) is 2.79. The predicted molar refractivity (Wildman–Crippen MR) is 137 cm³/mol. The fourth-order valence-corrected chi connectivity index (χ4v) is 3.59. The molecule has 0 aromatic heterocycles. The molecule has 1 heterocycles. The minimum absolute atomic E-state index is 0. The van der Waals surface area contributed by atoms with Crippen molar-refractivity contribution < 1.29 is 13.9 Å². The van der Waals surface area contributed by atoms with Crippen LogP contribution in [0, 0.1) is 5.82 Å². The second kappa shape index (κ2) is 13.1. The summed E-state index contributed by atoms with van der Waals surface area (Å²) in [4.78, 5) is 21.0. The molecule has 0 radical (unpaired) electrons. The van der Waals surface area contributed by atoms with Gasteiger partial charge in [0.2, 0.25) is 5.91 Å². The molecule has 2 aromatic carbocycles. The van der Waals surface area contributed by atoms with Gasteiger partial charge in [0.15, 0.2) is 5.96 Å². The van der Waals surface area contributed by atoms with Crippen LogP contribution in [0.5, 0.6) is 5.75 Å². The Hall–Kier alpha value is -2.56. The highest BCUT2D eigenvalue weighted by atomic mass is 127. The van der Waals surface area contributed by atoms with Crippen molar-refractivity contribution >= 4 is 41.5 Å². The number of methoxy groups -OCH3 is 1. The number of carbonyl (C=O) groups excluding carboxylic acids is 1. The van der Waals surface area contributed by atoms with E-state index >= 15 is 0 Å². The molecule has 1 amide bonds. The Morgan fingerprint density at radius 1 is 1.06 bits per heavy atom. The highest BCUT2D eigenvalue weighted by Gasteiger charge is 2.20. The van der Waals surface area contributed by atoms with Crippen molar-refractivity contribution in [2.24, 2.45) is 4.99 Å². The van der Waals surface area contributed by atoms with Gasteiger partial charge in [-0.1, -0.05) is 18.2 Å². The predicted octanol–water partition coefficient (Wildman–Crippen LogP) is 2.51. The molecule has 1 saturated heterocycles. The molecule has 0 bridgehead atoms. The first-order valence-corrected chi connectivity index (χ1v) is 10.4. The number of aliphatic imine (C=N–C) groups is 1. The summed E-state index contributed by atoms with van der Waals surface area (Å²) in [5, 5.41) is 6.16. The molecule has 3 rings (SSSR count). The number of hydrogen-bond acceptors (Lipinski definition) is 4. The zero-order valence-electron chi connectivity index (χ0n) is 18.5. The molecule has 1 aliphatic heterocycles. The number of piperazine rings is 1. The number of nitrogens with one attached hydrogen (secondary N) is 2. The van der Waals surface area contributed by atoms with E-state index in [9.17, 15) is 9.18 Å². The molecule has 0 spiro atoms. The van der Waals surface area contributed by atoms with Gasteiger partial charge in [-0.3, -0.25) is 9.79 Å². The summed E-state index contributed by atoms with van der Waals surface area (Å²) in [5.41, 5.74) is 1.82. The molecule has 0 aliphatic carbocycles. The van der Waals surface area contributed by atoms with Gasteiger partial charge in [0.1, 0.15) is 11.6 Å². The van der Waals surface area contributed by atoms with E-state index < -0.39 is 0 Å². The molecule has 174 valence electrons. The molecular formula is C23H31FIN5O2. The van der Waals surface area contributed by atoms with Gasteiger partial charge in [0.05, 0.1) is 13.5 Å². The van der Waals surface area contributed by atoms with Crippen molar-refractivity contribution in [1.29, 1.82) is 0 Å². The third-order valence-corrected chi connectivity index (χ3v) is 5.19. The lowest BCUT2D eigenvalue weighted by Gasteiger charge is -2.37. The molecule has 9 heteroatoms. The smallest absolute Gasteiger partial charge is 0.224 e. The van der Waals surface area contributed by atoms with Crippen LogP contribution in [-0.4, -0.2) is 70.2 Å². The molecule has 7 nitrogen and oxygen atoms in total. The SMILES string of the molecule is CN=C(NCCNC(=O)Cc1cccc(F)c1)N1CCN(c2cccc(OC)c2)CC1.I. The van der Waals surface area contributed by atoms with E-state index in [-0.39, 0.29) is 42.1 Å². The molecule has 1 aliphatic rings. The standard InChI is InChI=1S/C23H30FN5O2.HI/c1-25-23(27-10-9-26-22(30)16-18-5-3-6-19(24)15-18)29-13-11-28(12-14-29)20-7-4-8-21(17-20)31-2;/h3-8,15,17H,9-14,16H2,1-2H3,(H,25,27)(H,26,30);1H. The van der Waals surface area contributed by atoms with E-state index in [0.717, 1.165) is 43.6 Å². The van der Waals surface area contributed by atoms with Crippen molar-refractivity contribution in [3.8, 4) is 5.75 Å². The van der Waals surface area contributed by atoms with Crippen molar-refractivity contribution in [1.82, 2.24) is 15.5 Å². The van der Waals surface area contributed by atoms with Gasteiger partial charge in [-0.25, -0.2) is 4.39 Å². The summed E-state index contributed by atoms with van der Waals surface area (Å²) < 4.78 is 18.5. The summed E-state index contributed by atoms with van der Waals surface area (Å²) >= 11 is 0. The molecule has 0 saturated carbocycles. The van der Waals surface area contributed by atoms with Crippen LogP contribution >= 0.6 is 24.0 Å². The lowest BCUT2D eigenvalue weighted by Crippen LogP contribution is -2.53. The second-order valence-electron chi connectivity index (χ2n) is 7.31. The monoisotopic (exact) mass is 555 g/mol. The number of carbonyl (C=O) groups is 1. The van der Waals surface area contributed by atoms with Crippen molar-refractivity contribution in [2.45, 2.75) is 6.42 Å². The third-order valence-electron chi connectivity index (χ3n) is 5.19. The number of rotatable bonds is 7. The Morgan fingerprint density at radius 2 is 1.78 bits per heavy atom. The summed E-state index contributed by atoms with van der Waals surface area (Å²) in [7, 11) is 3.44. The molecule has 2 N–H and O–H groups in total. The highest BCUT2D eigenvalue weighted by Crippen LogP contribution is 2.22. The highest BCUT2D eigenvalue weighted by molar-refractivity contribution is 14.0. The Labute approximate surface area is 206 Å². The molecule has 32 heavy (non-hydrogen) atoms. The first-order valence-electron chi connectivity index (χ1n) is 10.4. The first-order chi connectivity index (χ1) is 15.1. The topological polar surface area (TPSA) is 69.2 Å². The van der Waals surface area contributed by atoms with Gasteiger partial charge in [-0.2, -0.15) is 0 Å². The van der Waals surface area contributed by atoms with E-state index in [1.54, 1.807) is 26.3 Å². The van der Waals surface area contributed by atoms with Crippen LogP contribution in [0.15, 0.2) is 53.5 Å². The van der Waals surface area contributed by atoms with Crippen LogP contribution in [0.1, 0.15) is 5.56 Å². The second-order valence-corrected chi connectivity index (χ2v) is 7.31. The van der Waals surface area contributed by atoms with Gasteiger partial charge in [0.25, 0.3) is 0 Å². The van der Waals surface area contributed by atoms with Crippen molar-refractivity contribution in [3.63, 3.8) is 0 Å². The van der Waals surface area contributed by atoms with Gasteiger partial charge in [-0.15, -0.1) is 24.0 Å². The maximum Gasteiger partial charge on any atom is 0.224 e. The number of ether oxygens (including phenoxy) is 1. The molecule has 1 fully saturated rings. The van der Waals surface area contributed by atoms with Gasteiger partial charge >= 0.3 is 0 Å². The van der Waals surface area contributed by atoms with Crippen molar-refractivity contribution in [3.05, 3.63) is 59.9 Å². The largest absolute Gasteiger partial charge is 0.497 e. The number of guanidine groups is 1. The van der Waals surface area contributed by atoms with Crippen LogP contribution < -0.4 is 20.3 Å². The fourth-order valence-electron chi connectivity index (χ4n) is 3.59. The summed E-state index contributed by atoms with van der Waals surface area (Å²) in [6.07, 6.45) is 0.165. The number of benzene rings is 2. The van der Waals surface area contributed by atoms with Crippen LogP contribution in [0.25, 0.3) is 0 Å². The normalized spacial score (nSPS) is 13.9. The Morgan fingerprint density at radius 3 is 2.47 bits per heavy atom. The van der Waals surface area contributed by atoms with Gasteiger partial charge in [-0.05, 0) is 29.8 Å². The third kappa shape index (κ3) is 7.54. The van der Waals surface area contributed by atoms with E-state index in [0.29, 0.717) is 18.7 Å². The Balaban J connectivity index is 0.00000363. The molecule has 0 atom stereocenters. The summed E-state index contributed by atoms with van der Waals surface area (Å²) in [5.74, 6) is 1.22. The molecule has 2 aromatic rings. The minimum atomic E-state index is -0.331. The molecular weight excluding hydrogens is 524 g/mol. The fraction of sp³-hybridized carbons (Fsp3) is 0.391. The summed E-state index contributed by atoms with van der Waals surface area (Å²) in [6, 6.07) is 14.2. The Bertz CT molecular complexity index is 903. The van der Waals surface area contributed by atoms with Gasteiger partial charge in [0, 0.05) is 58.1 Å². The Kier molecular flexibility index (Phi) is 10.5. The number of amides is 1. The van der Waals surface area contributed by atoms with Crippen LogP contribution in [0.3, 0.4) is 0 Å².